The summed E-state index contributed by atoms with van der Waals surface area (Å²) in [7, 11) is 3.53. The monoisotopic (exact) mass is 376 g/mol. The van der Waals surface area contributed by atoms with Gasteiger partial charge in [-0.05, 0) is 30.0 Å². The van der Waals surface area contributed by atoms with Crippen molar-refractivity contribution in [3.05, 3.63) is 52.6 Å². The van der Waals surface area contributed by atoms with Crippen LogP contribution in [0.1, 0.15) is 12.0 Å². The average Bonchev–Trinajstić information content (AvgIpc) is 3.05. The van der Waals surface area contributed by atoms with Crippen LogP contribution in [0.2, 0.25) is 0 Å². The van der Waals surface area contributed by atoms with Gasteiger partial charge in [0.1, 0.15) is 11.3 Å². The predicted molar refractivity (Wildman–Crippen MR) is 109 cm³/mol. The Morgan fingerprint density at radius 1 is 1.32 bits per heavy atom. The molecular weight excluding hydrogens is 352 g/mol. The molecule has 2 aliphatic heterocycles. The van der Waals surface area contributed by atoms with E-state index >= 15 is 0 Å². The molecule has 3 aliphatic rings. The van der Waals surface area contributed by atoms with E-state index in [1.165, 1.54) is 12.0 Å². The molecule has 0 spiro atoms. The number of aromatic amines is 1. The Bertz CT molecular complexity index is 1160. The summed E-state index contributed by atoms with van der Waals surface area (Å²) in [6, 6.07) is 9.07. The van der Waals surface area contributed by atoms with Gasteiger partial charge in [0.05, 0.1) is 7.11 Å². The van der Waals surface area contributed by atoms with Crippen molar-refractivity contribution in [3.8, 4) is 16.9 Å². The van der Waals surface area contributed by atoms with Crippen LogP contribution in [0.3, 0.4) is 0 Å². The number of piperidine rings is 2. The topological polar surface area (TPSA) is 62.3 Å². The number of aryl methyl sites for hydroxylation is 1. The quantitative estimate of drug-likeness (QED) is 0.732. The second-order valence-corrected chi connectivity index (χ2v) is 8.57. The van der Waals surface area contributed by atoms with Crippen molar-refractivity contribution in [2.75, 3.05) is 20.2 Å². The van der Waals surface area contributed by atoms with Gasteiger partial charge in [-0.15, -0.1) is 0 Å². The van der Waals surface area contributed by atoms with Crippen molar-refractivity contribution in [2.24, 2.45) is 13.0 Å². The van der Waals surface area contributed by atoms with E-state index in [9.17, 15) is 4.79 Å². The van der Waals surface area contributed by atoms with E-state index in [1.807, 2.05) is 18.5 Å². The van der Waals surface area contributed by atoms with Crippen molar-refractivity contribution in [1.82, 2.24) is 19.8 Å². The molecule has 2 unspecified atom stereocenters. The second-order valence-electron chi connectivity index (χ2n) is 8.57. The molecular formula is C22H24N4O2. The van der Waals surface area contributed by atoms with Crippen molar-refractivity contribution in [3.63, 3.8) is 0 Å². The molecule has 6 heteroatoms. The molecule has 2 aromatic heterocycles. The highest BCUT2D eigenvalue weighted by Crippen LogP contribution is 2.57. The lowest BCUT2D eigenvalue weighted by Crippen LogP contribution is -2.49. The lowest BCUT2D eigenvalue weighted by molar-refractivity contribution is 0.170. The maximum Gasteiger partial charge on any atom is 0.274 e. The minimum atomic E-state index is -0.0111. The number of piperazine rings is 1. The zero-order valence-corrected chi connectivity index (χ0v) is 16.2. The summed E-state index contributed by atoms with van der Waals surface area (Å²) in [6.07, 6.45) is 5.08. The average molecular weight is 376 g/mol. The van der Waals surface area contributed by atoms with E-state index in [0.29, 0.717) is 17.1 Å². The van der Waals surface area contributed by atoms with Crippen molar-refractivity contribution in [1.29, 1.82) is 0 Å². The van der Waals surface area contributed by atoms with Crippen LogP contribution in [-0.2, 0) is 13.6 Å². The number of nitrogens with one attached hydrogen (secondary N) is 2. The first-order valence-corrected chi connectivity index (χ1v) is 9.93. The number of H-pyrrole nitrogens is 1. The first-order chi connectivity index (χ1) is 13.6. The maximum absolute atomic E-state index is 12.3. The Hall–Kier alpha value is -2.57. The molecule has 2 bridgehead atoms. The highest BCUT2D eigenvalue weighted by Gasteiger charge is 2.68. The number of nitrogens with zero attached hydrogens (tertiary/aromatic N) is 2. The molecule has 1 aliphatic carbocycles. The number of hydrogen-bond acceptors (Lipinski definition) is 4. The van der Waals surface area contributed by atoms with Gasteiger partial charge in [0.25, 0.3) is 5.56 Å². The summed E-state index contributed by atoms with van der Waals surface area (Å²) in [6.45, 7) is 3.20. The molecule has 6 nitrogen and oxygen atoms in total. The number of methoxy groups -OCH3 is 1. The van der Waals surface area contributed by atoms with Gasteiger partial charge in [-0.2, -0.15) is 0 Å². The van der Waals surface area contributed by atoms with Crippen molar-refractivity contribution in [2.45, 2.75) is 24.5 Å². The Kier molecular flexibility index (Phi) is 3.21. The standard InChI is InChI=1S/C22H24N4O2/c1-25-11-16(15-5-6-23-20(15)21(25)27)13-3-4-14(19(7-13)28-2)10-26-12-22-8-17(22)18(26)9-24-22/h3-7,11,17-18,23-24H,8-10,12H2,1-2H3/t17-,18?,22?/m0/s1. The van der Waals surface area contributed by atoms with Gasteiger partial charge in [-0.25, -0.2) is 0 Å². The van der Waals surface area contributed by atoms with Crippen LogP contribution < -0.4 is 15.6 Å². The molecule has 3 fully saturated rings. The molecule has 1 saturated carbocycles. The van der Waals surface area contributed by atoms with Crippen LogP contribution in [0.4, 0.5) is 0 Å². The Balaban J connectivity index is 1.37. The molecule has 144 valence electrons. The van der Waals surface area contributed by atoms with Crippen molar-refractivity contribution < 1.29 is 4.74 Å². The number of benzene rings is 1. The fraction of sp³-hybridized carbons (Fsp3) is 0.409. The number of pyridine rings is 1. The van der Waals surface area contributed by atoms with Crippen molar-refractivity contribution >= 4 is 10.9 Å². The second kappa shape index (κ2) is 5.49. The van der Waals surface area contributed by atoms with E-state index in [0.717, 1.165) is 47.8 Å². The maximum atomic E-state index is 12.3. The van der Waals surface area contributed by atoms with Crippen LogP contribution in [0.15, 0.2) is 41.5 Å². The van der Waals surface area contributed by atoms with Gasteiger partial charge in [0.2, 0.25) is 0 Å². The number of aromatic nitrogens is 2. The number of ether oxygens (including phenoxy) is 1. The summed E-state index contributed by atoms with van der Waals surface area (Å²) in [5, 5.41) is 4.65. The van der Waals surface area contributed by atoms with Gasteiger partial charge < -0.3 is 19.6 Å². The predicted octanol–water partition coefficient (Wildman–Crippen LogP) is 2.09. The summed E-state index contributed by atoms with van der Waals surface area (Å²) in [4.78, 5) is 18.0. The molecule has 3 aromatic rings. The Morgan fingerprint density at radius 3 is 2.93 bits per heavy atom. The van der Waals surface area contributed by atoms with Gasteiger partial charge in [-0.1, -0.05) is 12.1 Å². The van der Waals surface area contributed by atoms with E-state index < -0.39 is 0 Å². The van der Waals surface area contributed by atoms with Gasteiger partial charge in [-0.3, -0.25) is 9.69 Å². The Morgan fingerprint density at radius 2 is 2.21 bits per heavy atom. The first kappa shape index (κ1) is 16.4. The lowest BCUT2D eigenvalue weighted by atomic mass is 10.0. The highest BCUT2D eigenvalue weighted by molar-refractivity contribution is 5.94. The third-order valence-corrected chi connectivity index (χ3v) is 7.08. The summed E-state index contributed by atoms with van der Waals surface area (Å²) < 4.78 is 7.40. The van der Waals surface area contributed by atoms with Gasteiger partial charge in [0.15, 0.2) is 0 Å². The van der Waals surface area contributed by atoms with E-state index in [1.54, 1.807) is 18.7 Å². The van der Waals surface area contributed by atoms with E-state index in [2.05, 4.69) is 33.4 Å². The third kappa shape index (κ3) is 2.13. The first-order valence-electron chi connectivity index (χ1n) is 9.93. The molecule has 2 saturated heterocycles. The number of likely N-dealkylation sites (tertiary alicyclic amines) is 1. The lowest BCUT2D eigenvalue weighted by Gasteiger charge is -2.33. The summed E-state index contributed by atoms with van der Waals surface area (Å²) >= 11 is 0. The van der Waals surface area contributed by atoms with Gasteiger partial charge >= 0.3 is 0 Å². The fourth-order valence-corrected chi connectivity index (χ4v) is 5.53. The summed E-state index contributed by atoms with van der Waals surface area (Å²) in [5.74, 6) is 1.77. The number of rotatable bonds is 4. The van der Waals surface area contributed by atoms with E-state index in [4.69, 9.17) is 4.74 Å². The smallest absolute Gasteiger partial charge is 0.274 e. The van der Waals surface area contributed by atoms with Crippen LogP contribution in [0.5, 0.6) is 5.75 Å². The number of fused-ring (bicyclic) bond motifs is 1. The minimum absolute atomic E-state index is 0.0111. The Labute approximate surface area is 163 Å². The largest absolute Gasteiger partial charge is 0.496 e. The van der Waals surface area contributed by atoms with Crippen LogP contribution in [0.25, 0.3) is 22.0 Å². The molecule has 3 atom stereocenters. The zero-order chi connectivity index (χ0) is 19.0. The highest BCUT2D eigenvalue weighted by atomic mass is 16.5. The molecule has 6 rings (SSSR count). The van der Waals surface area contributed by atoms with Gasteiger partial charge in [0, 0.05) is 67.2 Å². The summed E-state index contributed by atoms with van der Waals surface area (Å²) in [5.41, 5.74) is 4.38. The minimum Gasteiger partial charge on any atom is -0.496 e. The SMILES string of the molecule is COc1cc(-c2cn(C)c(=O)c3[nH]ccc23)ccc1CN1CC23C[C@H]2C1CN3. The van der Waals surface area contributed by atoms with E-state index in [-0.39, 0.29) is 5.56 Å². The number of hydrogen-bond donors (Lipinski definition) is 2. The molecule has 0 radical (unpaired) electrons. The zero-order valence-electron chi connectivity index (χ0n) is 16.2. The van der Waals surface area contributed by atoms with Crippen LogP contribution >= 0.6 is 0 Å². The molecule has 1 aromatic carbocycles. The molecule has 4 heterocycles. The molecule has 28 heavy (non-hydrogen) atoms. The molecule has 2 N–H and O–H groups in total. The fourth-order valence-electron chi connectivity index (χ4n) is 5.53. The van der Waals surface area contributed by atoms with Crippen LogP contribution in [-0.4, -0.2) is 46.2 Å². The third-order valence-electron chi connectivity index (χ3n) is 7.08. The normalized spacial score (nSPS) is 28.1. The molecule has 0 amide bonds. The van der Waals surface area contributed by atoms with Crippen LogP contribution in [0, 0.1) is 5.92 Å².